The lowest BCUT2D eigenvalue weighted by Crippen LogP contribution is -2.31. The lowest BCUT2D eigenvalue weighted by atomic mass is 10.1. The fraction of sp³-hybridized carbons (Fsp3) is 0.200. The standard InChI is InChI=1S/C20H20N4O4/c1-21-18(26)12-13-6-8-14(9-7-13)22-17(25)10-11-24-20(28)16-5-3-2-4-15(16)19(27)23-24/h2-9H,10-12H2,1H3,(H,21,26)(H,22,25)(H,23,27). The molecular formula is C20H20N4O4. The van der Waals surface area contributed by atoms with Crippen LogP contribution in [0.25, 0.3) is 10.8 Å². The summed E-state index contributed by atoms with van der Waals surface area (Å²) in [6, 6.07) is 13.5. The monoisotopic (exact) mass is 380 g/mol. The van der Waals surface area contributed by atoms with Crippen molar-refractivity contribution in [2.75, 3.05) is 12.4 Å². The number of carbonyl (C=O) groups excluding carboxylic acids is 2. The zero-order valence-corrected chi connectivity index (χ0v) is 15.3. The van der Waals surface area contributed by atoms with E-state index in [2.05, 4.69) is 15.7 Å². The topological polar surface area (TPSA) is 113 Å². The number of aromatic amines is 1. The summed E-state index contributed by atoms with van der Waals surface area (Å²) in [6.07, 6.45) is 0.289. The number of aryl methyl sites for hydroxylation is 1. The Morgan fingerprint density at radius 1 is 0.964 bits per heavy atom. The van der Waals surface area contributed by atoms with E-state index in [0.29, 0.717) is 16.5 Å². The highest BCUT2D eigenvalue weighted by Crippen LogP contribution is 2.10. The van der Waals surface area contributed by atoms with Gasteiger partial charge in [0.25, 0.3) is 11.1 Å². The number of likely N-dealkylation sites (N-methyl/N-ethyl adjacent to an activating group) is 1. The van der Waals surface area contributed by atoms with E-state index in [1.165, 1.54) is 0 Å². The summed E-state index contributed by atoms with van der Waals surface area (Å²) in [5.41, 5.74) is 0.700. The summed E-state index contributed by atoms with van der Waals surface area (Å²) < 4.78 is 1.15. The Morgan fingerprint density at radius 3 is 2.32 bits per heavy atom. The SMILES string of the molecule is CNC(=O)Cc1ccc(NC(=O)CCn2[nH]c(=O)c3ccccc3c2=O)cc1. The van der Waals surface area contributed by atoms with Crippen molar-refractivity contribution >= 4 is 28.3 Å². The van der Waals surface area contributed by atoms with E-state index in [4.69, 9.17) is 0 Å². The smallest absolute Gasteiger partial charge is 0.273 e. The van der Waals surface area contributed by atoms with Crippen molar-refractivity contribution in [1.82, 2.24) is 15.1 Å². The average Bonchev–Trinajstić information content (AvgIpc) is 2.71. The van der Waals surface area contributed by atoms with Crippen LogP contribution in [0.5, 0.6) is 0 Å². The molecule has 0 saturated carbocycles. The molecule has 8 heteroatoms. The molecule has 0 aliphatic rings. The number of hydrogen-bond donors (Lipinski definition) is 3. The fourth-order valence-electron chi connectivity index (χ4n) is 2.82. The first-order valence-electron chi connectivity index (χ1n) is 8.79. The quantitative estimate of drug-likeness (QED) is 0.592. The van der Waals surface area contributed by atoms with Crippen molar-refractivity contribution in [1.29, 1.82) is 0 Å². The van der Waals surface area contributed by atoms with Gasteiger partial charge in [0, 0.05) is 19.2 Å². The van der Waals surface area contributed by atoms with E-state index < -0.39 is 0 Å². The second-order valence-corrected chi connectivity index (χ2v) is 6.29. The van der Waals surface area contributed by atoms with Crippen molar-refractivity contribution in [3.05, 3.63) is 74.8 Å². The van der Waals surface area contributed by atoms with E-state index in [1.807, 2.05) is 0 Å². The first-order valence-corrected chi connectivity index (χ1v) is 8.79. The van der Waals surface area contributed by atoms with Crippen LogP contribution in [-0.2, 0) is 22.6 Å². The highest BCUT2D eigenvalue weighted by atomic mass is 16.2. The maximum atomic E-state index is 12.4. The van der Waals surface area contributed by atoms with Gasteiger partial charge in [-0.2, -0.15) is 0 Å². The maximum Gasteiger partial charge on any atom is 0.273 e. The van der Waals surface area contributed by atoms with Gasteiger partial charge in [0.15, 0.2) is 0 Å². The third kappa shape index (κ3) is 4.35. The zero-order chi connectivity index (χ0) is 20.1. The van der Waals surface area contributed by atoms with Gasteiger partial charge in [-0.3, -0.25) is 24.3 Å². The largest absolute Gasteiger partial charge is 0.359 e. The second kappa shape index (κ2) is 8.34. The van der Waals surface area contributed by atoms with Crippen LogP contribution < -0.4 is 21.8 Å². The van der Waals surface area contributed by atoms with Crippen LogP contribution in [0.2, 0.25) is 0 Å². The molecule has 3 rings (SSSR count). The van der Waals surface area contributed by atoms with Gasteiger partial charge in [0.1, 0.15) is 0 Å². The van der Waals surface area contributed by atoms with Gasteiger partial charge < -0.3 is 10.6 Å². The summed E-state index contributed by atoms with van der Waals surface area (Å²) in [6.45, 7) is 0.0551. The van der Waals surface area contributed by atoms with Gasteiger partial charge in [-0.25, -0.2) is 4.68 Å². The van der Waals surface area contributed by atoms with Gasteiger partial charge in [-0.15, -0.1) is 0 Å². The molecule has 0 radical (unpaired) electrons. The Hall–Kier alpha value is -3.68. The number of rotatable bonds is 6. The Balaban J connectivity index is 1.64. The molecule has 3 N–H and O–H groups in total. The lowest BCUT2D eigenvalue weighted by Gasteiger charge is -2.09. The number of fused-ring (bicyclic) bond motifs is 1. The molecule has 2 amide bonds. The molecule has 0 atom stereocenters. The van der Waals surface area contributed by atoms with Crippen LogP contribution in [0.4, 0.5) is 5.69 Å². The minimum atomic E-state index is -0.373. The molecule has 1 heterocycles. The van der Waals surface area contributed by atoms with Crippen molar-refractivity contribution < 1.29 is 9.59 Å². The minimum absolute atomic E-state index is 0.0220. The zero-order valence-electron chi connectivity index (χ0n) is 15.3. The molecule has 3 aromatic rings. The van der Waals surface area contributed by atoms with Crippen LogP contribution in [0.1, 0.15) is 12.0 Å². The van der Waals surface area contributed by atoms with Crippen molar-refractivity contribution in [3.8, 4) is 0 Å². The summed E-state index contributed by atoms with van der Waals surface area (Å²) >= 11 is 0. The van der Waals surface area contributed by atoms with Crippen LogP contribution in [0, 0.1) is 0 Å². The number of carbonyl (C=O) groups is 2. The summed E-state index contributed by atoms with van der Waals surface area (Å²) in [5.74, 6) is -0.383. The number of amides is 2. The van der Waals surface area contributed by atoms with E-state index in [1.54, 1.807) is 55.6 Å². The van der Waals surface area contributed by atoms with Gasteiger partial charge in [-0.05, 0) is 29.8 Å². The Labute approximate surface area is 160 Å². The molecule has 0 aliphatic heterocycles. The van der Waals surface area contributed by atoms with E-state index in [-0.39, 0.29) is 42.3 Å². The molecule has 144 valence electrons. The molecule has 28 heavy (non-hydrogen) atoms. The van der Waals surface area contributed by atoms with Gasteiger partial charge in [0.05, 0.1) is 23.7 Å². The lowest BCUT2D eigenvalue weighted by molar-refractivity contribution is -0.120. The summed E-state index contributed by atoms with van der Waals surface area (Å²) in [7, 11) is 1.57. The number of benzene rings is 2. The second-order valence-electron chi connectivity index (χ2n) is 6.29. The minimum Gasteiger partial charge on any atom is -0.359 e. The van der Waals surface area contributed by atoms with Crippen LogP contribution >= 0.6 is 0 Å². The fourth-order valence-corrected chi connectivity index (χ4v) is 2.82. The summed E-state index contributed by atoms with van der Waals surface area (Å²) in [5, 5.41) is 8.42. The number of hydrogen-bond acceptors (Lipinski definition) is 4. The molecule has 0 spiro atoms. The maximum absolute atomic E-state index is 12.4. The van der Waals surface area contributed by atoms with E-state index >= 15 is 0 Å². The van der Waals surface area contributed by atoms with Crippen LogP contribution in [0.15, 0.2) is 58.1 Å². The molecular weight excluding hydrogens is 360 g/mol. The molecule has 0 aliphatic carbocycles. The molecule has 1 aromatic heterocycles. The number of nitrogens with zero attached hydrogens (tertiary/aromatic N) is 1. The van der Waals surface area contributed by atoms with Gasteiger partial charge in [-0.1, -0.05) is 24.3 Å². The first kappa shape index (κ1) is 19.1. The summed E-state index contributed by atoms with van der Waals surface area (Å²) in [4.78, 5) is 48.0. The molecule has 0 unspecified atom stereocenters. The molecule has 0 saturated heterocycles. The van der Waals surface area contributed by atoms with Crippen molar-refractivity contribution in [3.63, 3.8) is 0 Å². The third-order valence-corrected chi connectivity index (χ3v) is 4.33. The van der Waals surface area contributed by atoms with Gasteiger partial charge in [0.2, 0.25) is 11.8 Å². The Kier molecular flexibility index (Phi) is 5.69. The number of anilines is 1. The molecule has 8 nitrogen and oxygen atoms in total. The predicted molar refractivity (Wildman–Crippen MR) is 106 cm³/mol. The first-order chi connectivity index (χ1) is 13.5. The number of nitrogens with one attached hydrogen (secondary N) is 3. The van der Waals surface area contributed by atoms with Gasteiger partial charge >= 0.3 is 0 Å². The molecule has 2 aromatic carbocycles. The van der Waals surface area contributed by atoms with E-state index in [9.17, 15) is 19.2 Å². The predicted octanol–water partition coefficient (Wildman–Crippen LogP) is 1.01. The van der Waals surface area contributed by atoms with E-state index in [0.717, 1.165) is 10.2 Å². The highest BCUT2D eigenvalue weighted by Gasteiger charge is 2.09. The third-order valence-electron chi connectivity index (χ3n) is 4.33. The molecule has 0 fully saturated rings. The van der Waals surface area contributed by atoms with Crippen LogP contribution in [-0.4, -0.2) is 28.6 Å². The number of H-pyrrole nitrogens is 1. The van der Waals surface area contributed by atoms with Crippen molar-refractivity contribution in [2.24, 2.45) is 0 Å². The number of aromatic nitrogens is 2. The Bertz CT molecular complexity index is 1130. The highest BCUT2D eigenvalue weighted by molar-refractivity contribution is 5.90. The average molecular weight is 380 g/mol. The Morgan fingerprint density at radius 2 is 1.64 bits per heavy atom. The molecule has 0 bridgehead atoms. The van der Waals surface area contributed by atoms with Crippen molar-refractivity contribution in [2.45, 2.75) is 19.4 Å². The van der Waals surface area contributed by atoms with Crippen LogP contribution in [0.3, 0.4) is 0 Å². The normalized spacial score (nSPS) is 10.6.